The molecule has 114 valence electrons. The summed E-state index contributed by atoms with van der Waals surface area (Å²) in [5, 5.41) is 0. The summed E-state index contributed by atoms with van der Waals surface area (Å²) >= 11 is 0. The first-order valence-electron chi connectivity index (χ1n) is 7.14. The molecule has 3 aliphatic rings. The highest BCUT2D eigenvalue weighted by molar-refractivity contribution is 5.87. The van der Waals surface area contributed by atoms with E-state index in [1.807, 2.05) is 50.2 Å². The lowest BCUT2D eigenvalue weighted by Gasteiger charge is -2.49. The van der Waals surface area contributed by atoms with Crippen LogP contribution in [-0.2, 0) is 25.4 Å². The number of hydrogen-bond acceptors (Lipinski definition) is 5. The normalized spacial score (nSPS) is 31.2. The monoisotopic (exact) mass is 291 g/mol. The van der Waals surface area contributed by atoms with E-state index < -0.39 is 5.97 Å². The fourth-order valence-corrected chi connectivity index (χ4v) is 2.50. The molecule has 0 spiro atoms. The third-order valence-corrected chi connectivity index (χ3v) is 3.99. The van der Waals surface area contributed by atoms with E-state index >= 15 is 0 Å². The van der Waals surface area contributed by atoms with Crippen molar-refractivity contribution in [1.29, 1.82) is 0 Å². The van der Waals surface area contributed by atoms with Gasteiger partial charge in [-0.2, -0.15) is 0 Å². The molecule has 5 nitrogen and oxygen atoms in total. The van der Waals surface area contributed by atoms with E-state index in [0.29, 0.717) is 19.8 Å². The van der Waals surface area contributed by atoms with Gasteiger partial charge in [-0.3, -0.25) is 4.79 Å². The first-order valence-corrected chi connectivity index (χ1v) is 7.14. The lowest BCUT2D eigenvalue weighted by molar-refractivity contribution is -0.439. The zero-order chi connectivity index (χ0) is 15.1. The van der Waals surface area contributed by atoms with Crippen molar-refractivity contribution in [3.63, 3.8) is 0 Å². The first kappa shape index (κ1) is 14.5. The van der Waals surface area contributed by atoms with Crippen LogP contribution in [0.2, 0.25) is 0 Å². The number of ketones is 1. The van der Waals surface area contributed by atoms with Crippen LogP contribution in [0.25, 0.3) is 0 Å². The maximum Gasteiger partial charge on any atom is 0.347 e. The number of benzene rings is 1. The Kier molecular flexibility index (Phi) is 3.51. The maximum absolute atomic E-state index is 12.5. The third kappa shape index (κ3) is 2.69. The third-order valence-electron chi connectivity index (χ3n) is 3.99. The predicted molar refractivity (Wildman–Crippen MR) is 78.2 cm³/mol. The predicted octanol–water partition coefficient (Wildman–Crippen LogP) is 1.60. The van der Waals surface area contributed by atoms with Gasteiger partial charge >= 0.3 is 5.97 Å². The number of anilines is 1. The van der Waals surface area contributed by atoms with Crippen molar-refractivity contribution in [3.05, 3.63) is 29.8 Å². The van der Waals surface area contributed by atoms with E-state index in [1.165, 1.54) is 0 Å². The van der Waals surface area contributed by atoms with Gasteiger partial charge in [0.1, 0.15) is 0 Å². The highest BCUT2D eigenvalue weighted by Crippen LogP contribution is 2.38. The number of Topliss-reactive ketones (excluding diaryl/α,β-unsaturated/α-hetero) is 1. The molecule has 0 atom stereocenters. The summed E-state index contributed by atoms with van der Waals surface area (Å²) in [6, 6.07) is 7.86. The maximum atomic E-state index is 12.5. The second-order valence-electron chi connectivity index (χ2n) is 6.39. The average molecular weight is 291 g/mol. The Labute approximate surface area is 124 Å². The fraction of sp³-hybridized carbons (Fsp3) is 0.562. The largest absolute Gasteiger partial charge is 0.378 e. The summed E-state index contributed by atoms with van der Waals surface area (Å²) in [5.41, 5.74) is 1.89. The number of rotatable bonds is 4. The standard InChI is InChI=1S/C16H21NO4/c1-15-9-19-16(20-10-15,21-11-15)14(18)8-12-4-6-13(7-5-12)17(2)3/h4-7H,8-11H2,1-3H3. The molecule has 1 aromatic rings. The van der Waals surface area contributed by atoms with Gasteiger partial charge in [-0.1, -0.05) is 19.1 Å². The van der Waals surface area contributed by atoms with E-state index in [2.05, 4.69) is 0 Å². The zero-order valence-electron chi connectivity index (χ0n) is 12.7. The first-order chi connectivity index (χ1) is 9.92. The van der Waals surface area contributed by atoms with Gasteiger partial charge in [-0.05, 0) is 17.7 Å². The van der Waals surface area contributed by atoms with Crippen molar-refractivity contribution in [2.24, 2.45) is 5.41 Å². The van der Waals surface area contributed by atoms with Crippen molar-refractivity contribution in [1.82, 2.24) is 0 Å². The van der Waals surface area contributed by atoms with Crippen LogP contribution >= 0.6 is 0 Å². The van der Waals surface area contributed by atoms with Crippen LogP contribution in [0.1, 0.15) is 12.5 Å². The van der Waals surface area contributed by atoms with Crippen molar-refractivity contribution in [2.75, 3.05) is 38.8 Å². The molecular formula is C16H21NO4. The smallest absolute Gasteiger partial charge is 0.347 e. The van der Waals surface area contributed by atoms with Crippen molar-refractivity contribution >= 4 is 11.5 Å². The van der Waals surface area contributed by atoms with Gasteiger partial charge in [0.25, 0.3) is 0 Å². The molecule has 0 radical (unpaired) electrons. The van der Waals surface area contributed by atoms with Crippen molar-refractivity contribution in [2.45, 2.75) is 19.3 Å². The van der Waals surface area contributed by atoms with E-state index in [1.54, 1.807) is 0 Å². The van der Waals surface area contributed by atoms with Crippen LogP contribution < -0.4 is 4.90 Å². The molecule has 2 bridgehead atoms. The Morgan fingerprint density at radius 1 is 1.10 bits per heavy atom. The van der Waals surface area contributed by atoms with E-state index in [9.17, 15) is 4.79 Å². The number of nitrogens with zero attached hydrogens (tertiary/aromatic N) is 1. The lowest BCUT2D eigenvalue weighted by Crippen LogP contribution is -2.62. The Morgan fingerprint density at radius 2 is 1.62 bits per heavy atom. The molecule has 5 heteroatoms. The minimum absolute atomic E-state index is 0.130. The summed E-state index contributed by atoms with van der Waals surface area (Å²) in [6.07, 6.45) is 0.240. The van der Waals surface area contributed by atoms with Gasteiger partial charge in [0, 0.05) is 31.6 Å². The van der Waals surface area contributed by atoms with Crippen molar-refractivity contribution < 1.29 is 19.0 Å². The second kappa shape index (κ2) is 5.09. The van der Waals surface area contributed by atoms with Crippen LogP contribution in [0.4, 0.5) is 5.69 Å². The summed E-state index contributed by atoms with van der Waals surface area (Å²) in [4.78, 5) is 14.5. The molecule has 4 rings (SSSR count). The Balaban J connectivity index is 1.69. The average Bonchev–Trinajstić information content (AvgIpc) is 2.49. The minimum Gasteiger partial charge on any atom is -0.378 e. The fourth-order valence-electron chi connectivity index (χ4n) is 2.50. The molecule has 0 saturated carbocycles. The Hall–Kier alpha value is -1.43. The molecule has 3 fully saturated rings. The Bertz CT molecular complexity index is 513. The van der Waals surface area contributed by atoms with Gasteiger partial charge < -0.3 is 19.1 Å². The minimum atomic E-state index is -1.49. The van der Waals surface area contributed by atoms with Gasteiger partial charge in [-0.25, -0.2) is 0 Å². The second-order valence-corrected chi connectivity index (χ2v) is 6.39. The lowest BCUT2D eigenvalue weighted by atomic mass is 9.91. The summed E-state index contributed by atoms with van der Waals surface area (Å²) in [5.74, 6) is -1.67. The van der Waals surface area contributed by atoms with Crippen LogP contribution in [0.5, 0.6) is 0 Å². The molecule has 3 saturated heterocycles. The van der Waals surface area contributed by atoms with E-state index in [0.717, 1.165) is 11.3 Å². The number of carbonyl (C=O) groups is 1. The highest BCUT2D eigenvalue weighted by Gasteiger charge is 2.54. The molecule has 0 N–H and O–H groups in total. The molecule has 3 heterocycles. The van der Waals surface area contributed by atoms with E-state index in [-0.39, 0.29) is 17.6 Å². The SMILES string of the molecule is CN(C)c1ccc(CC(=O)C23OCC(C)(CO2)CO3)cc1. The van der Waals surface area contributed by atoms with Crippen molar-refractivity contribution in [3.8, 4) is 0 Å². The number of hydrogen-bond donors (Lipinski definition) is 0. The zero-order valence-corrected chi connectivity index (χ0v) is 12.7. The van der Waals surface area contributed by atoms with Crippen LogP contribution in [0.15, 0.2) is 24.3 Å². The molecule has 21 heavy (non-hydrogen) atoms. The molecule has 1 aromatic carbocycles. The van der Waals surface area contributed by atoms with Crippen LogP contribution in [-0.4, -0.2) is 45.7 Å². The molecule has 0 aliphatic carbocycles. The number of ether oxygens (including phenoxy) is 3. The topological polar surface area (TPSA) is 48.0 Å². The molecule has 0 unspecified atom stereocenters. The highest BCUT2D eigenvalue weighted by atomic mass is 16.9. The van der Waals surface area contributed by atoms with Gasteiger partial charge in [0.2, 0.25) is 5.78 Å². The number of carbonyl (C=O) groups excluding carboxylic acids is 1. The molecular weight excluding hydrogens is 270 g/mol. The quantitative estimate of drug-likeness (QED) is 0.843. The van der Waals surface area contributed by atoms with Gasteiger partial charge in [0.05, 0.1) is 19.8 Å². The summed E-state index contributed by atoms with van der Waals surface area (Å²) in [7, 11) is 3.96. The van der Waals surface area contributed by atoms with Gasteiger partial charge in [-0.15, -0.1) is 0 Å². The molecule has 3 aliphatic heterocycles. The van der Waals surface area contributed by atoms with Crippen LogP contribution in [0.3, 0.4) is 0 Å². The Morgan fingerprint density at radius 3 is 2.10 bits per heavy atom. The molecule has 0 amide bonds. The van der Waals surface area contributed by atoms with Gasteiger partial charge in [0.15, 0.2) is 0 Å². The molecule has 0 aromatic heterocycles. The van der Waals surface area contributed by atoms with Crippen LogP contribution in [0, 0.1) is 5.41 Å². The summed E-state index contributed by atoms with van der Waals surface area (Å²) in [6.45, 7) is 3.52. The number of fused-ring (bicyclic) bond motifs is 3. The van der Waals surface area contributed by atoms with E-state index in [4.69, 9.17) is 14.2 Å². The summed E-state index contributed by atoms with van der Waals surface area (Å²) < 4.78 is 16.7.